The molecule has 3 atom stereocenters. The van der Waals surface area contributed by atoms with Crippen molar-refractivity contribution in [2.24, 2.45) is 11.8 Å². The van der Waals surface area contributed by atoms with E-state index in [0.29, 0.717) is 0 Å². The second-order valence-corrected chi connectivity index (χ2v) is 5.74. The van der Waals surface area contributed by atoms with E-state index in [1.165, 1.54) is 0 Å². The van der Waals surface area contributed by atoms with Crippen LogP contribution in [0.5, 0.6) is 0 Å². The average Bonchev–Trinajstić information content (AvgIpc) is 3.10. The van der Waals surface area contributed by atoms with Crippen molar-refractivity contribution in [2.45, 2.75) is 46.0 Å². The zero-order valence-electron chi connectivity index (χ0n) is 11.7. The Kier molecular flexibility index (Phi) is 3.93. The van der Waals surface area contributed by atoms with Crippen molar-refractivity contribution in [3.05, 3.63) is 34.6 Å². The van der Waals surface area contributed by atoms with Gasteiger partial charge in [-0.05, 0) is 67.7 Å². The predicted octanol–water partition coefficient (Wildman–Crippen LogP) is 4.05. The summed E-state index contributed by atoms with van der Waals surface area (Å²) in [7, 11) is 0. The highest BCUT2D eigenvalue weighted by Gasteiger charge is 2.44. The standard InChI is InChI=1S/C16H21FO2/c1-4-11(7-12-8-14(12)16(18)19)13-5-9(2)10(3)6-15(13)17/h5-6,11-12,14H,4,7-8H2,1-3H3,(H,18,19). The molecule has 1 N–H and O–H groups in total. The largest absolute Gasteiger partial charge is 0.481 e. The van der Waals surface area contributed by atoms with Crippen LogP contribution in [0.2, 0.25) is 0 Å². The highest BCUT2D eigenvalue weighted by atomic mass is 19.1. The molecule has 1 saturated carbocycles. The first-order chi connectivity index (χ1) is 8.93. The number of halogens is 1. The van der Waals surface area contributed by atoms with Crippen LogP contribution in [-0.4, -0.2) is 11.1 Å². The Bertz CT molecular complexity index is 496. The summed E-state index contributed by atoms with van der Waals surface area (Å²) in [6.45, 7) is 5.93. The maximum Gasteiger partial charge on any atom is 0.306 e. The van der Waals surface area contributed by atoms with Crippen molar-refractivity contribution in [2.75, 3.05) is 0 Å². The van der Waals surface area contributed by atoms with Gasteiger partial charge in [0.15, 0.2) is 0 Å². The fourth-order valence-corrected chi connectivity index (χ4v) is 2.81. The second-order valence-electron chi connectivity index (χ2n) is 5.74. The zero-order chi connectivity index (χ0) is 14.2. The molecule has 1 fully saturated rings. The molecule has 2 rings (SSSR count). The van der Waals surface area contributed by atoms with Crippen LogP contribution in [0, 0.1) is 31.5 Å². The minimum Gasteiger partial charge on any atom is -0.481 e. The Morgan fingerprint density at radius 2 is 2.05 bits per heavy atom. The van der Waals surface area contributed by atoms with E-state index in [0.717, 1.165) is 36.0 Å². The number of rotatable bonds is 5. The fraction of sp³-hybridized carbons (Fsp3) is 0.562. The smallest absolute Gasteiger partial charge is 0.306 e. The van der Waals surface area contributed by atoms with Crippen LogP contribution in [0.4, 0.5) is 4.39 Å². The van der Waals surface area contributed by atoms with Crippen LogP contribution in [0.1, 0.15) is 48.8 Å². The molecule has 1 aromatic rings. The number of aryl methyl sites for hydroxylation is 2. The van der Waals surface area contributed by atoms with Crippen molar-refractivity contribution < 1.29 is 14.3 Å². The van der Waals surface area contributed by atoms with Crippen molar-refractivity contribution in [3.8, 4) is 0 Å². The van der Waals surface area contributed by atoms with Crippen molar-refractivity contribution in [3.63, 3.8) is 0 Å². The summed E-state index contributed by atoms with van der Waals surface area (Å²) in [4.78, 5) is 10.9. The molecule has 1 aliphatic rings. The van der Waals surface area contributed by atoms with Crippen LogP contribution < -0.4 is 0 Å². The molecule has 0 aromatic heterocycles. The Morgan fingerprint density at radius 3 is 2.58 bits per heavy atom. The molecule has 0 bridgehead atoms. The van der Waals surface area contributed by atoms with Crippen molar-refractivity contribution in [1.82, 2.24) is 0 Å². The van der Waals surface area contributed by atoms with E-state index in [1.807, 2.05) is 26.8 Å². The number of carbonyl (C=O) groups is 1. The van der Waals surface area contributed by atoms with Gasteiger partial charge in [-0.25, -0.2) is 4.39 Å². The van der Waals surface area contributed by atoms with Gasteiger partial charge in [0.25, 0.3) is 0 Å². The first-order valence-corrected chi connectivity index (χ1v) is 6.93. The zero-order valence-corrected chi connectivity index (χ0v) is 11.7. The van der Waals surface area contributed by atoms with Gasteiger partial charge < -0.3 is 5.11 Å². The van der Waals surface area contributed by atoms with E-state index in [2.05, 4.69) is 0 Å². The number of hydrogen-bond donors (Lipinski definition) is 1. The maximum atomic E-state index is 14.1. The Hall–Kier alpha value is -1.38. The van der Waals surface area contributed by atoms with Gasteiger partial charge in [-0.15, -0.1) is 0 Å². The lowest BCUT2D eigenvalue weighted by atomic mass is 9.88. The molecule has 0 spiro atoms. The summed E-state index contributed by atoms with van der Waals surface area (Å²) in [5, 5.41) is 8.94. The van der Waals surface area contributed by atoms with Crippen LogP contribution in [-0.2, 0) is 4.79 Å². The van der Waals surface area contributed by atoms with E-state index >= 15 is 0 Å². The van der Waals surface area contributed by atoms with Gasteiger partial charge in [-0.2, -0.15) is 0 Å². The van der Waals surface area contributed by atoms with Crippen LogP contribution in [0.3, 0.4) is 0 Å². The molecule has 2 nitrogen and oxygen atoms in total. The SMILES string of the molecule is CCC(CC1CC1C(=O)O)c1cc(C)c(C)cc1F. The molecular weight excluding hydrogens is 243 g/mol. The molecule has 0 amide bonds. The van der Waals surface area contributed by atoms with Gasteiger partial charge in [0, 0.05) is 0 Å². The lowest BCUT2D eigenvalue weighted by Gasteiger charge is -2.17. The summed E-state index contributed by atoms with van der Waals surface area (Å²) in [5.41, 5.74) is 2.81. The highest BCUT2D eigenvalue weighted by molar-refractivity contribution is 5.73. The minimum absolute atomic E-state index is 0.133. The summed E-state index contributed by atoms with van der Waals surface area (Å²) in [6, 6.07) is 3.52. The van der Waals surface area contributed by atoms with Gasteiger partial charge >= 0.3 is 5.97 Å². The molecule has 0 aliphatic heterocycles. The van der Waals surface area contributed by atoms with Gasteiger partial charge in [-0.3, -0.25) is 4.79 Å². The molecule has 1 aliphatic carbocycles. The van der Waals surface area contributed by atoms with E-state index in [9.17, 15) is 9.18 Å². The first-order valence-electron chi connectivity index (χ1n) is 6.93. The van der Waals surface area contributed by atoms with Crippen LogP contribution in [0.15, 0.2) is 12.1 Å². The number of carboxylic acids is 1. The quantitative estimate of drug-likeness (QED) is 0.871. The topological polar surface area (TPSA) is 37.3 Å². The average molecular weight is 264 g/mol. The molecule has 0 heterocycles. The molecule has 104 valence electrons. The summed E-state index contributed by atoms with van der Waals surface area (Å²) < 4.78 is 14.1. The molecule has 3 heteroatoms. The number of carboxylic acid groups (broad SMARTS) is 1. The Balaban J connectivity index is 2.14. The van der Waals surface area contributed by atoms with Crippen molar-refractivity contribution >= 4 is 5.97 Å². The third-order valence-electron chi connectivity index (χ3n) is 4.37. The molecule has 3 unspecified atom stereocenters. The maximum absolute atomic E-state index is 14.1. The monoisotopic (exact) mass is 264 g/mol. The molecule has 19 heavy (non-hydrogen) atoms. The van der Waals surface area contributed by atoms with E-state index < -0.39 is 5.97 Å². The lowest BCUT2D eigenvalue weighted by molar-refractivity contribution is -0.138. The summed E-state index contributed by atoms with van der Waals surface area (Å²) >= 11 is 0. The van der Waals surface area contributed by atoms with Gasteiger partial charge in [-0.1, -0.05) is 13.0 Å². The molecular formula is C16H21FO2. The van der Waals surface area contributed by atoms with E-state index in [-0.39, 0.29) is 23.6 Å². The normalized spacial score (nSPS) is 23.2. The summed E-state index contributed by atoms with van der Waals surface area (Å²) in [5.74, 6) is -0.705. The Labute approximate surface area is 113 Å². The molecule has 0 saturated heterocycles. The third-order valence-corrected chi connectivity index (χ3v) is 4.37. The fourth-order valence-electron chi connectivity index (χ4n) is 2.81. The van der Waals surface area contributed by atoms with Crippen molar-refractivity contribution in [1.29, 1.82) is 0 Å². The third kappa shape index (κ3) is 2.96. The second kappa shape index (κ2) is 5.32. The first kappa shape index (κ1) is 14.0. The van der Waals surface area contributed by atoms with Gasteiger partial charge in [0.1, 0.15) is 5.82 Å². The van der Waals surface area contributed by atoms with E-state index in [1.54, 1.807) is 6.07 Å². The number of benzene rings is 1. The summed E-state index contributed by atoms with van der Waals surface area (Å²) in [6.07, 6.45) is 2.38. The minimum atomic E-state index is -0.708. The van der Waals surface area contributed by atoms with Gasteiger partial charge in [0.2, 0.25) is 0 Å². The highest BCUT2D eigenvalue weighted by Crippen LogP contribution is 2.46. The van der Waals surface area contributed by atoms with Crippen LogP contribution >= 0.6 is 0 Å². The predicted molar refractivity (Wildman–Crippen MR) is 72.8 cm³/mol. The Morgan fingerprint density at radius 1 is 1.42 bits per heavy atom. The number of aliphatic carboxylic acids is 1. The molecule has 0 radical (unpaired) electrons. The molecule has 1 aromatic carbocycles. The number of hydrogen-bond acceptors (Lipinski definition) is 1. The van der Waals surface area contributed by atoms with Crippen LogP contribution in [0.25, 0.3) is 0 Å². The van der Waals surface area contributed by atoms with E-state index in [4.69, 9.17) is 5.11 Å². The van der Waals surface area contributed by atoms with Gasteiger partial charge in [0.05, 0.1) is 5.92 Å². The lowest BCUT2D eigenvalue weighted by Crippen LogP contribution is -2.06.